The lowest BCUT2D eigenvalue weighted by molar-refractivity contribution is -0.141. The summed E-state index contributed by atoms with van der Waals surface area (Å²) in [7, 11) is 0. The number of halogens is 3. The van der Waals surface area contributed by atoms with E-state index in [1.165, 1.54) is 6.07 Å². The van der Waals surface area contributed by atoms with Crippen LogP contribution in [0.4, 0.5) is 13.2 Å². The van der Waals surface area contributed by atoms with Crippen LogP contribution in [0.3, 0.4) is 0 Å². The van der Waals surface area contributed by atoms with Gasteiger partial charge < -0.3 is 10.5 Å². The smallest absolute Gasteiger partial charge is 0.433 e. The molecule has 0 spiro atoms. The molecule has 6 heteroatoms. The van der Waals surface area contributed by atoms with E-state index in [-0.39, 0.29) is 18.5 Å². The molecule has 0 radical (unpaired) electrons. The van der Waals surface area contributed by atoms with E-state index in [9.17, 15) is 13.2 Å². The van der Waals surface area contributed by atoms with Crippen LogP contribution in [0.5, 0.6) is 5.88 Å². The van der Waals surface area contributed by atoms with E-state index >= 15 is 0 Å². The highest BCUT2D eigenvalue weighted by atomic mass is 19.4. The number of hydrogen-bond donors (Lipinski definition) is 1. The second kappa shape index (κ2) is 6.04. The van der Waals surface area contributed by atoms with Gasteiger partial charge >= 0.3 is 6.18 Å². The van der Waals surface area contributed by atoms with Gasteiger partial charge in [0.2, 0.25) is 5.88 Å². The molecule has 0 aromatic carbocycles. The fraction of sp³-hybridized carbons (Fsp3) is 0.583. The number of rotatable bonds is 5. The molecule has 1 heterocycles. The highest BCUT2D eigenvalue weighted by Crippen LogP contribution is 2.30. The summed E-state index contributed by atoms with van der Waals surface area (Å²) in [5, 5.41) is 0. The zero-order chi connectivity index (χ0) is 13.8. The molecule has 102 valence electrons. The Hall–Kier alpha value is -1.30. The number of alkyl halides is 3. The number of nitrogens with two attached hydrogens (primary N) is 1. The zero-order valence-corrected chi connectivity index (χ0v) is 10.4. The number of hydrogen-bond acceptors (Lipinski definition) is 3. The summed E-state index contributed by atoms with van der Waals surface area (Å²) in [5.74, 6) is -0.0201. The minimum atomic E-state index is -4.47. The van der Waals surface area contributed by atoms with E-state index in [1.54, 1.807) is 6.92 Å². The van der Waals surface area contributed by atoms with E-state index in [1.807, 2.05) is 6.92 Å². The Labute approximate surface area is 104 Å². The highest BCUT2D eigenvalue weighted by molar-refractivity contribution is 5.29. The van der Waals surface area contributed by atoms with Crippen LogP contribution in [0.25, 0.3) is 0 Å². The molecule has 1 aromatic rings. The van der Waals surface area contributed by atoms with Crippen molar-refractivity contribution in [2.75, 3.05) is 0 Å². The molecule has 1 aromatic heterocycles. The van der Waals surface area contributed by atoms with Crippen molar-refractivity contribution in [1.82, 2.24) is 4.98 Å². The predicted molar refractivity (Wildman–Crippen MR) is 62.1 cm³/mol. The largest absolute Gasteiger partial charge is 0.474 e. The third-order valence-electron chi connectivity index (χ3n) is 2.46. The highest BCUT2D eigenvalue weighted by Gasteiger charge is 2.33. The van der Waals surface area contributed by atoms with Crippen molar-refractivity contribution < 1.29 is 17.9 Å². The molecule has 0 aliphatic rings. The van der Waals surface area contributed by atoms with Gasteiger partial charge in [-0.15, -0.1) is 0 Å². The van der Waals surface area contributed by atoms with Gasteiger partial charge in [0.25, 0.3) is 0 Å². The monoisotopic (exact) mass is 262 g/mol. The maximum absolute atomic E-state index is 12.5. The van der Waals surface area contributed by atoms with Crippen LogP contribution in [0.2, 0.25) is 0 Å². The molecule has 0 aliphatic heterocycles. The SMILES string of the molecule is CCCC(C)Oc1nc(C(F)(F)F)ccc1CN. The van der Waals surface area contributed by atoms with Gasteiger partial charge in [-0.25, -0.2) is 4.98 Å². The lowest BCUT2D eigenvalue weighted by Gasteiger charge is -2.17. The van der Waals surface area contributed by atoms with Gasteiger partial charge in [0.1, 0.15) is 5.69 Å². The molecule has 0 aliphatic carbocycles. The van der Waals surface area contributed by atoms with Crippen molar-refractivity contribution in [2.45, 2.75) is 45.5 Å². The fourth-order valence-corrected chi connectivity index (χ4v) is 1.54. The van der Waals surface area contributed by atoms with Crippen molar-refractivity contribution in [3.8, 4) is 5.88 Å². The topological polar surface area (TPSA) is 48.1 Å². The maximum atomic E-state index is 12.5. The van der Waals surface area contributed by atoms with Crippen LogP contribution in [-0.4, -0.2) is 11.1 Å². The van der Waals surface area contributed by atoms with Gasteiger partial charge in [0.05, 0.1) is 6.10 Å². The number of aromatic nitrogens is 1. The molecule has 0 saturated carbocycles. The van der Waals surface area contributed by atoms with Crippen molar-refractivity contribution in [3.63, 3.8) is 0 Å². The predicted octanol–water partition coefficient (Wildman–Crippen LogP) is 3.13. The molecule has 1 atom stereocenters. The van der Waals surface area contributed by atoms with Crippen molar-refractivity contribution in [3.05, 3.63) is 23.4 Å². The molecule has 2 N–H and O–H groups in total. The quantitative estimate of drug-likeness (QED) is 0.886. The molecule has 1 rings (SSSR count). The van der Waals surface area contributed by atoms with Crippen LogP contribution in [0.1, 0.15) is 37.9 Å². The standard InChI is InChI=1S/C12H17F3N2O/c1-3-4-8(2)18-11-9(7-16)5-6-10(17-11)12(13,14)15/h5-6,8H,3-4,7,16H2,1-2H3. The molecule has 0 amide bonds. The first-order valence-corrected chi connectivity index (χ1v) is 5.82. The third-order valence-corrected chi connectivity index (χ3v) is 2.46. The Bertz CT molecular complexity index is 393. The fourth-order valence-electron chi connectivity index (χ4n) is 1.54. The maximum Gasteiger partial charge on any atom is 0.433 e. The van der Waals surface area contributed by atoms with Crippen molar-refractivity contribution >= 4 is 0 Å². The summed E-state index contributed by atoms with van der Waals surface area (Å²) in [5.41, 5.74) is 4.98. The number of ether oxygens (including phenoxy) is 1. The Balaban J connectivity index is 2.99. The van der Waals surface area contributed by atoms with Crippen molar-refractivity contribution in [2.24, 2.45) is 5.73 Å². The molecular weight excluding hydrogens is 245 g/mol. The minimum absolute atomic E-state index is 0.0201. The Kier molecular flexibility index (Phi) is 4.95. The second-order valence-corrected chi connectivity index (χ2v) is 4.08. The molecule has 0 saturated heterocycles. The van der Waals surface area contributed by atoms with Gasteiger partial charge in [-0.05, 0) is 19.4 Å². The number of nitrogens with zero attached hydrogens (tertiary/aromatic N) is 1. The van der Waals surface area contributed by atoms with Crippen LogP contribution in [0.15, 0.2) is 12.1 Å². The molecular formula is C12H17F3N2O. The summed E-state index contributed by atoms with van der Waals surface area (Å²) < 4.78 is 43.0. The van der Waals surface area contributed by atoms with Crippen LogP contribution >= 0.6 is 0 Å². The first kappa shape index (κ1) is 14.8. The van der Waals surface area contributed by atoms with Gasteiger partial charge in [-0.3, -0.25) is 0 Å². The summed E-state index contributed by atoms with van der Waals surface area (Å²) >= 11 is 0. The second-order valence-electron chi connectivity index (χ2n) is 4.08. The number of pyridine rings is 1. The van der Waals surface area contributed by atoms with Gasteiger partial charge in [-0.2, -0.15) is 13.2 Å². The first-order valence-electron chi connectivity index (χ1n) is 5.82. The van der Waals surface area contributed by atoms with E-state index in [0.29, 0.717) is 5.56 Å². The van der Waals surface area contributed by atoms with Gasteiger partial charge in [0, 0.05) is 12.1 Å². The summed E-state index contributed by atoms with van der Waals surface area (Å²) in [6.07, 6.45) is -3.02. The average molecular weight is 262 g/mol. The third kappa shape index (κ3) is 3.87. The first-order chi connectivity index (χ1) is 8.38. The molecule has 3 nitrogen and oxygen atoms in total. The lowest BCUT2D eigenvalue weighted by Crippen LogP contribution is -2.17. The van der Waals surface area contributed by atoms with Crippen LogP contribution < -0.4 is 10.5 Å². The summed E-state index contributed by atoms with van der Waals surface area (Å²) in [6, 6.07) is 2.23. The van der Waals surface area contributed by atoms with E-state index < -0.39 is 11.9 Å². The summed E-state index contributed by atoms with van der Waals surface area (Å²) in [6.45, 7) is 3.87. The Morgan fingerprint density at radius 2 is 2.06 bits per heavy atom. The van der Waals surface area contributed by atoms with Crippen molar-refractivity contribution in [1.29, 1.82) is 0 Å². The molecule has 1 unspecified atom stereocenters. The van der Waals surface area contributed by atoms with E-state index in [2.05, 4.69) is 4.98 Å². The lowest BCUT2D eigenvalue weighted by atomic mass is 10.2. The van der Waals surface area contributed by atoms with E-state index in [0.717, 1.165) is 18.9 Å². The van der Waals surface area contributed by atoms with Gasteiger partial charge in [-0.1, -0.05) is 19.4 Å². The zero-order valence-electron chi connectivity index (χ0n) is 10.4. The minimum Gasteiger partial charge on any atom is -0.474 e. The van der Waals surface area contributed by atoms with Crippen LogP contribution in [0, 0.1) is 0 Å². The van der Waals surface area contributed by atoms with Gasteiger partial charge in [0.15, 0.2) is 0 Å². The van der Waals surface area contributed by atoms with Crippen LogP contribution in [-0.2, 0) is 12.7 Å². The molecule has 0 bridgehead atoms. The van der Waals surface area contributed by atoms with E-state index in [4.69, 9.17) is 10.5 Å². The Morgan fingerprint density at radius 1 is 1.39 bits per heavy atom. The Morgan fingerprint density at radius 3 is 2.56 bits per heavy atom. The summed E-state index contributed by atoms with van der Waals surface area (Å²) in [4.78, 5) is 3.51. The molecule has 0 fully saturated rings. The molecule has 18 heavy (non-hydrogen) atoms. The average Bonchev–Trinajstić information content (AvgIpc) is 2.28. The normalized spacial score (nSPS) is 13.4.